The van der Waals surface area contributed by atoms with Crippen LogP contribution < -0.4 is 10.6 Å². The van der Waals surface area contributed by atoms with Gasteiger partial charge in [0.25, 0.3) is 0 Å². The number of likely N-dealkylation sites (N-methyl/N-ethyl adjacent to an activating group) is 1. The van der Waals surface area contributed by atoms with E-state index in [2.05, 4.69) is 35.5 Å². The van der Waals surface area contributed by atoms with Crippen LogP contribution in [0.25, 0.3) is 0 Å². The maximum atomic E-state index is 11.6. The number of benzene rings is 1. The molecule has 0 saturated carbocycles. The number of Topliss-reactive ketones (excluding diaryl/α,β-unsaturated/α-hetero) is 1. The van der Waals surface area contributed by atoms with E-state index in [1.807, 2.05) is 57.4 Å². The van der Waals surface area contributed by atoms with Crippen LogP contribution in [0.2, 0.25) is 0 Å². The smallest absolute Gasteiger partial charge is 0.234 e. The minimum absolute atomic E-state index is 0.237. The Morgan fingerprint density at radius 3 is 2.57 bits per heavy atom. The van der Waals surface area contributed by atoms with Crippen LogP contribution in [-0.2, 0) is 11.2 Å². The fourth-order valence-electron chi connectivity index (χ4n) is 2.63. The van der Waals surface area contributed by atoms with E-state index < -0.39 is 0 Å². The molecule has 0 aliphatic carbocycles. The molecule has 1 aromatic heterocycles. The van der Waals surface area contributed by atoms with Crippen LogP contribution >= 0.6 is 11.8 Å². The topological polar surface area (TPSA) is 95.4 Å². The summed E-state index contributed by atoms with van der Waals surface area (Å²) in [6.45, 7) is 4.14. The first-order chi connectivity index (χ1) is 14.5. The van der Waals surface area contributed by atoms with Crippen molar-refractivity contribution in [3.63, 3.8) is 0 Å². The molecule has 0 fully saturated rings. The van der Waals surface area contributed by atoms with E-state index >= 15 is 0 Å². The van der Waals surface area contributed by atoms with Crippen molar-refractivity contribution >= 4 is 35.3 Å². The zero-order valence-electron chi connectivity index (χ0n) is 17.6. The normalized spacial score (nSPS) is 12.9. The molecule has 0 amide bonds. The molecule has 0 bridgehead atoms. The largest absolute Gasteiger partial charge is 0.353 e. The molecule has 0 radical (unpaired) electrons. The van der Waals surface area contributed by atoms with Gasteiger partial charge in [-0.3, -0.25) is 9.79 Å². The monoisotopic (exact) mass is 425 g/mol. The first-order valence-corrected chi connectivity index (χ1v) is 10.7. The lowest BCUT2D eigenvalue weighted by Gasteiger charge is -2.12. The molecule has 2 heterocycles. The SMILES string of the molecule is CCC(=O)Cc1ccc(Sc2nc(NCCN(C)C)nc(NC3=NCC=C3)n2)cc1. The second-order valence-corrected chi connectivity index (χ2v) is 8.10. The van der Waals surface area contributed by atoms with Gasteiger partial charge in [-0.25, -0.2) is 0 Å². The number of hydrogen-bond acceptors (Lipinski definition) is 9. The average Bonchev–Trinajstić information content (AvgIpc) is 3.22. The predicted octanol–water partition coefficient (Wildman–Crippen LogP) is 2.90. The number of nitrogens with zero attached hydrogens (tertiary/aromatic N) is 5. The van der Waals surface area contributed by atoms with Crippen molar-refractivity contribution in [2.24, 2.45) is 4.99 Å². The Balaban J connectivity index is 1.74. The quantitative estimate of drug-likeness (QED) is 0.600. The highest BCUT2D eigenvalue weighted by Gasteiger charge is 2.11. The van der Waals surface area contributed by atoms with E-state index in [0.29, 0.717) is 36.4 Å². The average molecular weight is 426 g/mol. The lowest BCUT2D eigenvalue weighted by molar-refractivity contribution is -0.118. The van der Waals surface area contributed by atoms with Crippen molar-refractivity contribution in [1.29, 1.82) is 0 Å². The first kappa shape index (κ1) is 21.9. The van der Waals surface area contributed by atoms with E-state index in [-0.39, 0.29) is 5.78 Å². The molecule has 1 aliphatic rings. The standard InChI is InChI=1S/C21H27N7OS/c1-4-16(29)14-15-7-9-17(10-8-15)30-21-26-19(23-12-13-28(2)3)25-20(27-21)24-18-6-5-11-22-18/h5-10H,4,11-14H2,1-3H3,(H2,22,23,24,25,26,27). The summed E-state index contributed by atoms with van der Waals surface area (Å²) < 4.78 is 0. The molecule has 0 unspecified atom stereocenters. The Kier molecular flexibility index (Phi) is 7.92. The summed E-state index contributed by atoms with van der Waals surface area (Å²) in [6, 6.07) is 7.93. The van der Waals surface area contributed by atoms with Crippen LogP contribution in [0.3, 0.4) is 0 Å². The third-order valence-electron chi connectivity index (χ3n) is 4.27. The van der Waals surface area contributed by atoms with Crippen molar-refractivity contribution in [2.45, 2.75) is 29.8 Å². The Labute approximate surface area is 181 Å². The zero-order chi connectivity index (χ0) is 21.3. The van der Waals surface area contributed by atoms with E-state index in [0.717, 1.165) is 29.4 Å². The number of amidine groups is 1. The van der Waals surface area contributed by atoms with Crippen LogP contribution in [-0.4, -0.2) is 65.2 Å². The van der Waals surface area contributed by atoms with Crippen LogP contribution in [0.5, 0.6) is 0 Å². The van der Waals surface area contributed by atoms with Gasteiger partial charge in [0.05, 0.1) is 6.54 Å². The number of ketones is 1. The van der Waals surface area contributed by atoms with Crippen LogP contribution in [0.15, 0.2) is 51.5 Å². The van der Waals surface area contributed by atoms with Gasteiger partial charge in [0.1, 0.15) is 11.6 Å². The highest BCUT2D eigenvalue weighted by atomic mass is 32.2. The van der Waals surface area contributed by atoms with Gasteiger partial charge >= 0.3 is 0 Å². The van der Waals surface area contributed by atoms with Crippen molar-refractivity contribution in [2.75, 3.05) is 44.4 Å². The fraction of sp³-hybridized carbons (Fsp3) is 0.381. The zero-order valence-corrected chi connectivity index (χ0v) is 18.4. The van der Waals surface area contributed by atoms with Gasteiger partial charge in [0.15, 0.2) is 5.16 Å². The summed E-state index contributed by atoms with van der Waals surface area (Å²) in [5.74, 6) is 1.95. The lowest BCUT2D eigenvalue weighted by Crippen LogP contribution is -2.22. The minimum atomic E-state index is 0.237. The summed E-state index contributed by atoms with van der Waals surface area (Å²) in [5.41, 5.74) is 1.02. The van der Waals surface area contributed by atoms with Crippen LogP contribution in [0.4, 0.5) is 11.9 Å². The number of aliphatic imine (C=N–C) groups is 1. The molecule has 1 aliphatic heterocycles. The highest BCUT2D eigenvalue weighted by molar-refractivity contribution is 7.99. The molecule has 9 heteroatoms. The second kappa shape index (κ2) is 10.8. The van der Waals surface area contributed by atoms with E-state index in [9.17, 15) is 4.79 Å². The molecule has 2 aromatic rings. The highest BCUT2D eigenvalue weighted by Crippen LogP contribution is 2.26. The molecule has 0 saturated heterocycles. The van der Waals surface area contributed by atoms with Gasteiger partial charge < -0.3 is 15.5 Å². The fourth-order valence-corrected chi connectivity index (χ4v) is 3.37. The number of carbonyl (C=O) groups excluding carboxylic acids is 1. The number of rotatable bonds is 10. The predicted molar refractivity (Wildman–Crippen MR) is 122 cm³/mol. The first-order valence-electron chi connectivity index (χ1n) is 9.93. The third kappa shape index (κ3) is 6.93. The molecule has 2 N–H and O–H groups in total. The van der Waals surface area contributed by atoms with E-state index in [1.54, 1.807) is 0 Å². The van der Waals surface area contributed by atoms with E-state index in [4.69, 9.17) is 0 Å². The third-order valence-corrected chi connectivity index (χ3v) is 5.14. The maximum absolute atomic E-state index is 11.6. The Bertz CT molecular complexity index is 925. The van der Waals surface area contributed by atoms with Gasteiger partial charge in [-0.1, -0.05) is 25.1 Å². The maximum Gasteiger partial charge on any atom is 0.234 e. The summed E-state index contributed by atoms with van der Waals surface area (Å²) in [6.07, 6.45) is 4.91. The molecule has 1 aromatic carbocycles. The summed E-state index contributed by atoms with van der Waals surface area (Å²) >= 11 is 1.45. The molecule has 8 nitrogen and oxygen atoms in total. The van der Waals surface area contributed by atoms with Gasteiger partial charge in [-0.05, 0) is 49.6 Å². The molecule has 30 heavy (non-hydrogen) atoms. The molecule has 0 spiro atoms. The Morgan fingerprint density at radius 2 is 1.90 bits per heavy atom. The van der Waals surface area contributed by atoms with Crippen molar-refractivity contribution < 1.29 is 4.79 Å². The van der Waals surface area contributed by atoms with Gasteiger partial charge in [0, 0.05) is 30.8 Å². The number of hydrogen-bond donors (Lipinski definition) is 2. The number of anilines is 2. The number of carbonyl (C=O) groups is 1. The van der Waals surface area contributed by atoms with E-state index in [1.165, 1.54) is 11.8 Å². The van der Waals surface area contributed by atoms with Gasteiger partial charge in [0.2, 0.25) is 11.9 Å². The number of nitrogens with one attached hydrogen (secondary N) is 2. The Morgan fingerprint density at radius 1 is 1.13 bits per heavy atom. The van der Waals surface area contributed by atoms with Crippen LogP contribution in [0.1, 0.15) is 18.9 Å². The summed E-state index contributed by atoms with van der Waals surface area (Å²) in [4.78, 5) is 32.6. The molecule has 3 rings (SSSR count). The Hall–Kier alpha value is -2.78. The molecule has 158 valence electrons. The summed E-state index contributed by atoms with van der Waals surface area (Å²) in [5, 5.41) is 6.98. The molecular weight excluding hydrogens is 398 g/mol. The van der Waals surface area contributed by atoms with Crippen molar-refractivity contribution in [1.82, 2.24) is 19.9 Å². The minimum Gasteiger partial charge on any atom is -0.353 e. The van der Waals surface area contributed by atoms with Crippen molar-refractivity contribution in [3.8, 4) is 0 Å². The summed E-state index contributed by atoms with van der Waals surface area (Å²) in [7, 11) is 4.04. The van der Waals surface area contributed by atoms with Crippen molar-refractivity contribution in [3.05, 3.63) is 42.0 Å². The molecular formula is C21H27N7OS. The second-order valence-electron chi connectivity index (χ2n) is 7.06. The lowest BCUT2D eigenvalue weighted by atomic mass is 10.1. The van der Waals surface area contributed by atoms with Gasteiger partial charge in [-0.2, -0.15) is 15.0 Å². The molecule has 0 atom stereocenters. The number of aromatic nitrogens is 3. The van der Waals surface area contributed by atoms with Crippen LogP contribution in [0, 0.1) is 0 Å². The van der Waals surface area contributed by atoms with Gasteiger partial charge in [-0.15, -0.1) is 0 Å².